The lowest BCUT2D eigenvalue weighted by Gasteiger charge is -2.41. The molecule has 2 heteroatoms. The molecular formula is C16H22N2. The van der Waals surface area contributed by atoms with Gasteiger partial charge in [0.25, 0.3) is 0 Å². The number of fused-ring (bicyclic) bond motifs is 1. The first-order chi connectivity index (χ1) is 8.59. The third kappa shape index (κ3) is 1.39. The third-order valence-electron chi connectivity index (χ3n) is 5.12. The van der Waals surface area contributed by atoms with Crippen molar-refractivity contribution in [3.8, 4) is 0 Å². The van der Waals surface area contributed by atoms with Crippen molar-refractivity contribution >= 4 is 10.9 Å². The average Bonchev–Trinajstić information content (AvgIpc) is 2.54. The molecule has 3 rings (SSSR count). The molecule has 0 bridgehead atoms. The number of hydrogen-bond donors (Lipinski definition) is 1. The number of hydrogen-bond acceptors (Lipinski definition) is 1. The zero-order chi connectivity index (χ0) is 12.9. The fourth-order valence-electron chi connectivity index (χ4n) is 3.30. The molecule has 96 valence electrons. The molecule has 0 aliphatic heterocycles. The maximum Gasteiger partial charge on any atom is 0.0482 e. The normalized spacial score (nSPS) is 18.0. The Morgan fingerprint density at radius 1 is 1.28 bits per heavy atom. The molecule has 1 fully saturated rings. The topological polar surface area (TPSA) is 30.9 Å². The van der Waals surface area contributed by atoms with Crippen LogP contribution in [0.1, 0.15) is 36.1 Å². The van der Waals surface area contributed by atoms with Gasteiger partial charge in [0.1, 0.15) is 0 Å². The van der Waals surface area contributed by atoms with Crippen molar-refractivity contribution < 1.29 is 0 Å². The molecule has 1 saturated carbocycles. The maximum absolute atomic E-state index is 6.01. The zero-order valence-electron chi connectivity index (χ0n) is 11.6. The van der Waals surface area contributed by atoms with Gasteiger partial charge in [0, 0.05) is 35.6 Å². The van der Waals surface area contributed by atoms with Gasteiger partial charge in [-0.2, -0.15) is 0 Å². The van der Waals surface area contributed by atoms with Gasteiger partial charge in [0.2, 0.25) is 0 Å². The first-order valence-electron chi connectivity index (χ1n) is 6.85. The lowest BCUT2D eigenvalue weighted by atomic mass is 9.64. The van der Waals surface area contributed by atoms with Crippen molar-refractivity contribution in [1.82, 2.24) is 4.57 Å². The number of benzene rings is 1. The third-order valence-corrected chi connectivity index (χ3v) is 5.12. The Hall–Kier alpha value is -1.28. The van der Waals surface area contributed by atoms with Crippen LogP contribution in [-0.4, -0.2) is 11.1 Å². The molecule has 1 heterocycles. The van der Waals surface area contributed by atoms with Crippen LogP contribution in [0.5, 0.6) is 0 Å². The van der Waals surface area contributed by atoms with Gasteiger partial charge < -0.3 is 10.3 Å². The van der Waals surface area contributed by atoms with Crippen LogP contribution in [0, 0.1) is 13.8 Å². The molecule has 0 amide bonds. The smallest absolute Gasteiger partial charge is 0.0482 e. The molecule has 0 unspecified atom stereocenters. The molecule has 2 N–H and O–H groups in total. The summed E-state index contributed by atoms with van der Waals surface area (Å²) >= 11 is 0. The summed E-state index contributed by atoms with van der Waals surface area (Å²) in [5.74, 6) is 0. The maximum atomic E-state index is 6.01. The van der Waals surface area contributed by atoms with Crippen LogP contribution < -0.4 is 5.73 Å². The van der Waals surface area contributed by atoms with Crippen LogP contribution in [0.3, 0.4) is 0 Å². The first-order valence-corrected chi connectivity index (χ1v) is 6.85. The fourth-order valence-corrected chi connectivity index (χ4v) is 3.30. The summed E-state index contributed by atoms with van der Waals surface area (Å²) in [6.45, 7) is 5.19. The number of aryl methyl sites for hydroxylation is 2. The first kappa shape index (κ1) is 11.8. The van der Waals surface area contributed by atoms with E-state index in [2.05, 4.69) is 43.7 Å². The van der Waals surface area contributed by atoms with Crippen molar-refractivity contribution in [2.45, 2.75) is 38.5 Å². The van der Waals surface area contributed by atoms with E-state index in [4.69, 9.17) is 5.73 Å². The largest absolute Gasteiger partial charge is 0.348 e. The molecule has 1 aromatic carbocycles. The van der Waals surface area contributed by atoms with Gasteiger partial charge in [-0.1, -0.05) is 12.5 Å². The van der Waals surface area contributed by atoms with Crippen molar-refractivity contribution in [1.29, 1.82) is 0 Å². The van der Waals surface area contributed by atoms with Gasteiger partial charge in [-0.15, -0.1) is 0 Å². The highest BCUT2D eigenvalue weighted by atomic mass is 14.9. The highest BCUT2D eigenvalue weighted by molar-refractivity contribution is 5.86. The molecule has 1 aliphatic rings. The van der Waals surface area contributed by atoms with E-state index < -0.39 is 0 Å². The molecule has 18 heavy (non-hydrogen) atoms. The van der Waals surface area contributed by atoms with Gasteiger partial charge in [-0.25, -0.2) is 0 Å². The van der Waals surface area contributed by atoms with Gasteiger partial charge in [0.05, 0.1) is 0 Å². The summed E-state index contributed by atoms with van der Waals surface area (Å²) in [6.07, 6.45) is 3.82. The summed E-state index contributed by atoms with van der Waals surface area (Å²) in [4.78, 5) is 0. The van der Waals surface area contributed by atoms with Gasteiger partial charge >= 0.3 is 0 Å². The van der Waals surface area contributed by atoms with Gasteiger partial charge in [0.15, 0.2) is 0 Å². The van der Waals surface area contributed by atoms with Crippen LogP contribution in [0.25, 0.3) is 10.9 Å². The molecule has 1 aliphatic carbocycles. The number of aromatic nitrogens is 1. The molecule has 0 atom stereocenters. The molecule has 2 aromatic rings. The Balaban J connectivity index is 2.20. The van der Waals surface area contributed by atoms with E-state index >= 15 is 0 Å². The van der Waals surface area contributed by atoms with E-state index in [0.29, 0.717) is 0 Å². The summed E-state index contributed by atoms with van der Waals surface area (Å²) in [6, 6.07) is 6.93. The SMILES string of the molecule is Cc1c(C)n(C)c2ccc(C3(CN)CCC3)cc12. The van der Waals surface area contributed by atoms with Crippen LogP contribution in [0.15, 0.2) is 18.2 Å². The monoisotopic (exact) mass is 242 g/mol. The van der Waals surface area contributed by atoms with E-state index in [1.165, 1.54) is 47.0 Å². The highest BCUT2D eigenvalue weighted by Gasteiger charge is 2.37. The van der Waals surface area contributed by atoms with E-state index in [-0.39, 0.29) is 5.41 Å². The van der Waals surface area contributed by atoms with Crippen LogP contribution in [0.4, 0.5) is 0 Å². The average molecular weight is 242 g/mol. The Kier molecular flexibility index (Phi) is 2.53. The van der Waals surface area contributed by atoms with Crippen LogP contribution in [-0.2, 0) is 12.5 Å². The molecule has 0 radical (unpaired) electrons. The minimum Gasteiger partial charge on any atom is -0.348 e. The van der Waals surface area contributed by atoms with Crippen molar-refractivity contribution in [3.63, 3.8) is 0 Å². The van der Waals surface area contributed by atoms with Crippen LogP contribution >= 0.6 is 0 Å². The van der Waals surface area contributed by atoms with Gasteiger partial charge in [-0.3, -0.25) is 0 Å². The summed E-state index contributed by atoms with van der Waals surface area (Å²) in [7, 11) is 2.15. The van der Waals surface area contributed by atoms with E-state index in [1.54, 1.807) is 0 Å². The Morgan fingerprint density at radius 2 is 2.00 bits per heavy atom. The number of rotatable bonds is 2. The van der Waals surface area contributed by atoms with Crippen LogP contribution in [0.2, 0.25) is 0 Å². The predicted octanol–water partition coefficient (Wildman–Crippen LogP) is 3.18. The molecular weight excluding hydrogens is 220 g/mol. The molecule has 0 spiro atoms. The minimum absolute atomic E-state index is 0.268. The quantitative estimate of drug-likeness (QED) is 0.861. The second-order valence-electron chi connectivity index (χ2n) is 5.84. The number of nitrogens with zero attached hydrogens (tertiary/aromatic N) is 1. The summed E-state index contributed by atoms with van der Waals surface area (Å²) in [5, 5.41) is 1.40. The zero-order valence-corrected chi connectivity index (χ0v) is 11.6. The van der Waals surface area contributed by atoms with Gasteiger partial charge in [-0.05, 0) is 49.9 Å². The molecule has 1 aromatic heterocycles. The Labute approximate surface area is 109 Å². The van der Waals surface area contributed by atoms with Crippen molar-refractivity contribution in [3.05, 3.63) is 35.0 Å². The lowest BCUT2D eigenvalue weighted by Crippen LogP contribution is -2.41. The number of nitrogens with two attached hydrogens (primary N) is 1. The minimum atomic E-state index is 0.268. The predicted molar refractivity (Wildman–Crippen MR) is 77.0 cm³/mol. The molecule has 2 nitrogen and oxygen atoms in total. The van der Waals surface area contributed by atoms with E-state index in [9.17, 15) is 0 Å². The lowest BCUT2D eigenvalue weighted by molar-refractivity contribution is 0.253. The van der Waals surface area contributed by atoms with Crippen molar-refractivity contribution in [2.24, 2.45) is 12.8 Å². The summed E-state index contributed by atoms with van der Waals surface area (Å²) < 4.78 is 2.28. The molecule has 0 saturated heterocycles. The summed E-state index contributed by atoms with van der Waals surface area (Å²) in [5.41, 5.74) is 11.8. The fraction of sp³-hybridized carbons (Fsp3) is 0.500. The standard InChI is InChI=1S/C16H22N2/c1-11-12(2)18(3)15-6-5-13(9-14(11)15)16(10-17)7-4-8-16/h5-6,9H,4,7-8,10,17H2,1-3H3. The van der Waals surface area contributed by atoms with Crippen molar-refractivity contribution in [2.75, 3.05) is 6.54 Å². The second-order valence-corrected chi connectivity index (χ2v) is 5.84. The highest BCUT2D eigenvalue weighted by Crippen LogP contribution is 2.44. The second kappa shape index (κ2) is 3.86. The Bertz CT molecular complexity index is 598. The van der Waals surface area contributed by atoms with E-state index in [1.807, 2.05) is 0 Å². The van der Waals surface area contributed by atoms with E-state index in [0.717, 1.165) is 6.54 Å². The Morgan fingerprint density at radius 3 is 2.56 bits per heavy atom.